The molecule has 0 radical (unpaired) electrons. The van der Waals surface area contributed by atoms with Gasteiger partial charge in [-0.25, -0.2) is 13.8 Å². The highest BCUT2D eigenvalue weighted by Gasteiger charge is 2.65. The van der Waals surface area contributed by atoms with Gasteiger partial charge in [0.05, 0.1) is 45.7 Å². The molecule has 0 unspecified atom stereocenters. The Kier molecular flexibility index (Phi) is 4.82. The molecule has 8 heteroatoms. The molecule has 2 aromatic heterocycles. The molecule has 0 amide bonds. The topological polar surface area (TPSA) is 76.3 Å². The molecule has 1 aromatic carbocycles. The van der Waals surface area contributed by atoms with Crippen molar-refractivity contribution in [3.63, 3.8) is 0 Å². The van der Waals surface area contributed by atoms with Crippen LogP contribution in [0.15, 0.2) is 46.9 Å². The van der Waals surface area contributed by atoms with Crippen LogP contribution in [0.2, 0.25) is 0 Å². The van der Waals surface area contributed by atoms with Gasteiger partial charge in [-0.1, -0.05) is 40.7 Å². The van der Waals surface area contributed by atoms with Gasteiger partial charge in [0.15, 0.2) is 0 Å². The SMILES string of the molecule is CC(C)(C)C1=NN=C(c2cncc([C@@]34CC[C@@H](c5cc(-c6c(F)cccc6F)nnc53)C4(C)C)n2)C1. The number of benzene rings is 1. The van der Waals surface area contributed by atoms with Crippen LogP contribution in [0.4, 0.5) is 8.78 Å². The first-order valence-corrected chi connectivity index (χ1v) is 12.3. The maximum absolute atomic E-state index is 14.5. The molecular weight excluding hydrogens is 458 g/mol. The second-order valence-corrected chi connectivity index (χ2v) is 11.7. The molecular formula is C28H28F2N6. The van der Waals surface area contributed by atoms with Crippen molar-refractivity contribution < 1.29 is 8.78 Å². The lowest BCUT2D eigenvalue weighted by atomic mass is 9.66. The third kappa shape index (κ3) is 3.06. The molecule has 3 heterocycles. The number of rotatable bonds is 3. The summed E-state index contributed by atoms with van der Waals surface area (Å²) in [7, 11) is 0. The molecule has 3 aromatic rings. The summed E-state index contributed by atoms with van der Waals surface area (Å²) in [5, 5.41) is 17.8. The molecule has 2 aliphatic carbocycles. The average molecular weight is 487 g/mol. The summed E-state index contributed by atoms with van der Waals surface area (Å²) in [6, 6.07) is 5.66. The predicted octanol–water partition coefficient (Wildman–Crippen LogP) is 6.01. The predicted molar refractivity (Wildman–Crippen MR) is 134 cm³/mol. The molecule has 2 atom stereocenters. The summed E-state index contributed by atoms with van der Waals surface area (Å²) >= 11 is 0. The Morgan fingerprint density at radius 1 is 0.972 bits per heavy atom. The first-order chi connectivity index (χ1) is 17.0. The number of hydrogen-bond donors (Lipinski definition) is 0. The Morgan fingerprint density at radius 2 is 1.72 bits per heavy atom. The van der Waals surface area contributed by atoms with Crippen LogP contribution in [0.1, 0.15) is 82.4 Å². The van der Waals surface area contributed by atoms with Crippen LogP contribution in [0, 0.1) is 22.5 Å². The highest BCUT2D eigenvalue weighted by atomic mass is 19.1. The van der Waals surface area contributed by atoms with Crippen molar-refractivity contribution in [3.8, 4) is 11.3 Å². The van der Waals surface area contributed by atoms with Crippen LogP contribution in [-0.2, 0) is 5.41 Å². The van der Waals surface area contributed by atoms with E-state index in [1.807, 2.05) is 12.3 Å². The normalized spacial score (nSPS) is 24.0. The molecule has 0 N–H and O–H groups in total. The van der Waals surface area contributed by atoms with Gasteiger partial charge in [-0.2, -0.15) is 15.3 Å². The Balaban J connectivity index is 1.44. The minimum absolute atomic E-state index is 0.0645. The zero-order valence-corrected chi connectivity index (χ0v) is 21.1. The van der Waals surface area contributed by atoms with Gasteiger partial charge in [0, 0.05) is 18.0 Å². The van der Waals surface area contributed by atoms with Crippen molar-refractivity contribution in [2.24, 2.45) is 21.0 Å². The van der Waals surface area contributed by atoms with Crippen LogP contribution in [0.3, 0.4) is 0 Å². The van der Waals surface area contributed by atoms with Crippen molar-refractivity contribution in [1.82, 2.24) is 20.2 Å². The molecule has 6 rings (SSSR count). The van der Waals surface area contributed by atoms with E-state index in [4.69, 9.17) is 4.98 Å². The van der Waals surface area contributed by atoms with E-state index in [0.29, 0.717) is 6.42 Å². The number of nitrogens with zero attached hydrogens (tertiary/aromatic N) is 6. The van der Waals surface area contributed by atoms with Crippen LogP contribution in [0.5, 0.6) is 0 Å². The van der Waals surface area contributed by atoms with Gasteiger partial charge >= 0.3 is 0 Å². The van der Waals surface area contributed by atoms with Gasteiger partial charge in [0.25, 0.3) is 0 Å². The third-order valence-corrected chi connectivity index (χ3v) is 8.46. The quantitative estimate of drug-likeness (QED) is 0.454. The van der Waals surface area contributed by atoms with E-state index in [9.17, 15) is 8.78 Å². The van der Waals surface area contributed by atoms with E-state index in [0.717, 1.165) is 46.9 Å². The minimum atomic E-state index is -0.644. The monoisotopic (exact) mass is 486 g/mol. The molecule has 1 saturated carbocycles. The summed E-state index contributed by atoms with van der Waals surface area (Å²) in [5.74, 6) is -1.12. The van der Waals surface area contributed by atoms with Gasteiger partial charge in [0.1, 0.15) is 17.3 Å². The smallest absolute Gasteiger partial charge is 0.135 e. The van der Waals surface area contributed by atoms with E-state index < -0.39 is 17.0 Å². The van der Waals surface area contributed by atoms with Crippen molar-refractivity contribution in [3.05, 3.63) is 70.9 Å². The largest absolute Gasteiger partial charge is 0.260 e. The van der Waals surface area contributed by atoms with Crippen LogP contribution in [-0.4, -0.2) is 31.6 Å². The van der Waals surface area contributed by atoms with Crippen LogP contribution in [0.25, 0.3) is 11.3 Å². The maximum atomic E-state index is 14.5. The summed E-state index contributed by atoms with van der Waals surface area (Å²) in [6.45, 7) is 10.8. The van der Waals surface area contributed by atoms with Crippen molar-refractivity contribution in [2.45, 2.75) is 65.2 Å². The van der Waals surface area contributed by atoms with Crippen molar-refractivity contribution in [2.75, 3.05) is 0 Å². The highest BCUT2D eigenvalue weighted by Crippen LogP contribution is 2.69. The third-order valence-electron chi connectivity index (χ3n) is 8.46. The van der Waals surface area contributed by atoms with Gasteiger partial charge in [-0.15, -0.1) is 5.10 Å². The summed E-state index contributed by atoms with van der Waals surface area (Å²) in [5.41, 5.74) is 4.49. The zero-order valence-electron chi connectivity index (χ0n) is 21.1. The van der Waals surface area contributed by atoms with E-state index in [1.54, 1.807) is 6.20 Å². The Morgan fingerprint density at radius 3 is 2.42 bits per heavy atom. The first kappa shape index (κ1) is 23.0. The fraction of sp³-hybridized carbons (Fsp3) is 0.429. The number of aromatic nitrogens is 4. The molecule has 3 aliphatic rings. The average Bonchev–Trinajstić information content (AvgIpc) is 3.48. The lowest BCUT2D eigenvalue weighted by Crippen LogP contribution is -2.38. The molecule has 2 bridgehead atoms. The van der Waals surface area contributed by atoms with Gasteiger partial charge in [0.2, 0.25) is 0 Å². The fourth-order valence-corrected chi connectivity index (χ4v) is 6.37. The molecule has 184 valence electrons. The van der Waals surface area contributed by atoms with E-state index in [-0.39, 0.29) is 28.0 Å². The maximum Gasteiger partial charge on any atom is 0.135 e. The van der Waals surface area contributed by atoms with Gasteiger partial charge < -0.3 is 0 Å². The van der Waals surface area contributed by atoms with Crippen LogP contribution >= 0.6 is 0 Å². The lowest BCUT2D eigenvalue weighted by molar-refractivity contribution is 0.242. The first-order valence-electron chi connectivity index (χ1n) is 12.3. The molecule has 0 spiro atoms. The second-order valence-electron chi connectivity index (χ2n) is 11.7. The molecule has 6 nitrogen and oxygen atoms in total. The van der Waals surface area contributed by atoms with E-state index in [1.165, 1.54) is 18.2 Å². The zero-order chi connectivity index (χ0) is 25.5. The molecule has 1 fully saturated rings. The summed E-state index contributed by atoms with van der Waals surface area (Å²) in [4.78, 5) is 9.63. The summed E-state index contributed by atoms with van der Waals surface area (Å²) in [6.07, 6.45) is 5.98. The lowest BCUT2D eigenvalue weighted by Gasteiger charge is -2.37. The van der Waals surface area contributed by atoms with Crippen molar-refractivity contribution >= 4 is 11.4 Å². The Labute approximate surface area is 209 Å². The molecule has 1 aliphatic heterocycles. The van der Waals surface area contributed by atoms with E-state index >= 15 is 0 Å². The summed E-state index contributed by atoms with van der Waals surface area (Å²) < 4.78 is 29.0. The minimum Gasteiger partial charge on any atom is -0.260 e. The van der Waals surface area contributed by atoms with Gasteiger partial charge in [-0.05, 0) is 47.9 Å². The standard InChI is InChI=1S/C28H28F2N6/c1-26(2,3)22-12-19(33-35-22)21-13-31-14-23(32-21)28-10-9-16(27(28,4)5)15-11-20(34-36-25(15)28)24-17(29)7-6-8-18(24)30/h6-8,11,13-14,16H,9-10,12H2,1-5H3/t16-,28-/m0/s1. The second kappa shape index (κ2) is 7.54. The molecule has 0 saturated heterocycles. The Hall–Kier alpha value is -3.42. The van der Waals surface area contributed by atoms with Gasteiger partial charge in [-0.3, -0.25) is 4.98 Å². The van der Waals surface area contributed by atoms with E-state index in [2.05, 4.69) is 60.0 Å². The number of hydrogen-bond acceptors (Lipinski definition) is 6. The number of halogens is 2. The number of fused-ring (bicyclic) bond motifs is 5. The highest BCUT2D eigenvalue weighted by molar-refractivity contribution is 6.15. The van der Waals surface area contributed by atoms with Crippen LogP contribution < -0.4 is 0 Å². The fourth-order valence-electron chi connectivity index (χ4n) is 6.37. The Bertz CT molecular complexity index is 1450. The molecule has 36 heavy (non-hydrogen) atoms. The van der Waals surface area contributed by atoms with Crippen molar-refractivity contribution in [1.29, 1.82) is 0 Å².